The fraction of sp³-hybridized carbons (Fsp3) is 0.450. The molecule has 25 heavy (non-hydrogen) atoms. The Morgan fingerprint density at radius 1 is 1.28 bits per heavy atom. The van der Waals surface area contributed by atoms with E-state index in [1.165, 1.54) is 11.3 Å². The minimum atomic E-state index is -0.404. The van der Waals surface area contributed by atoms with Crippen molar-refractivity contribution < 1.29 is 14.3 Å². The quantitative estimate of drug-likeness (QED) is 0.826. The van der Waals surface area contributed by atoms with Crippen LogP contribution in [0.25, 0.3) is 0 Å². The number of thiophene rings is 1. The minimum absolute atomic E-state index is 0.0182. The lowest BCUT2D eigenvalue weighted by Gasteiger charge is -2.44. The third-order valence-corrected chi connectivity index (χ3v) is 5.28. The number of anilines is 1. The molecule has 0 aliphatic carbocycles. The van der Waals surface area contributed by atoms with E-state index in [1.807, 2.05) is 41.8 Å². The summed E-state index contributed by atoms with van der Waals surface area (Å²) in [5.74, 6) is 0.307. The Labute approximate surface area is 153 Å². The first-order chi connectivity index (χ1) is 11.9. The highest BCUT2D eigenvalue weighted by Gasteiger charge is 2.40. The van der Waals surface area contributed by atoms with E-state index >= 15 is 0 Å². The lowest BCUT2D eigenvalue weighted by atomic mass is 9.80. The second kappa shape index (κ2) is 7.28. The van der Waals surface area contributed by atoms with Gasteiger partial charge in [0, 0.05) is 16.7 Å². The van der Waals surface area contributed by atoms with Gasteiger partial charge in [0.25, 0.3) is 5.91 Å². The number of nitrogens with one attached hydrogen (secondary N) is 1. The molecule has 1 aromatic carbocycles. The second-order valence-corrected chi connectivity index (χ2v) is 8.44. The Morgan fingerprint density at radius 2 is 2.08 bits per heavy atom. The zero-order chi connectivity index (χ0) is 18.0. The van der Waals surface area contributed by atoms with Crippen LogP contribution >= 0.6 is 11.3 Å². The van der Waals surface area contributed by atoms with E-state index in [-0.39, 0.29) is 17.4 Å². The lowest BCUT2D eigenvalue weighted by molar-refractivity contribution is -0.274. The number of hydrogen-bond donors (Lipinski definition) is 1. The summed E-state index contributed by atoms with van der Waals surface area (Å²) in [5.41, 5.74) is 1.65. The van der Waals surface area contributed by atoms with E-state index in [0.29, 0.717) is 17.4 Å². The summed E-state index contributed by atoms with van der Waals surface area (Å²) >= 11 is 1.42. The van der Waals surface area contributed by atoms with Crippen LogP contribution in [-0.2, 0) is 9.47 Å². The highest BCUT2D eigenvalue weighted by atomic mass is 32.1. The molecule has 134 valence electrons. The molecule has 3 rings (SSSR count). The van der Waals surface area contributed by atoms with Gasteiger partial charge in [-0.1, -0.05) is 45.9 Å². The van der Waals surface area contributed by atoms with Gasteiger partial charge in [-0.15, -0.1) is 11.3 Å². The van der Waals surface area contributed by atoms with E-state index in [0.717, 1.165) is 11.3 Å². The number of hydrogen-bond acceptors (Lipinski definition) is 4. The monoisotopic (exact) mass is 359 g/mol. The van der Waals surface area contributed by atoms with Crippen molar-refractivity contribution in [1.82, 2.24) is 0 Å². The van der Waals surface area contributed by atoms with Crippen LogP contribution in [0.5, 0.6) is 0 Å². The second-order valence-electron chi connectivity index (χ2n) is 7.49. The van der Waals surface area contributed by atoms with Crippen LogP contribution in [0.4, 0.5) is 5.69 Å². The first kappa shape index (κ1) is 18.1. The summed E-state index contributed by atoms with van der Waals surface area (Å²) in [4.78, 5) is 12.9. The molecular weight excluding hydrogens is 334 g/mol. The van der Waals surface area contributed by atoms with Gasteiger partial charge in [-0.2, -0.15) is 0 Å². The average Bonchev–Trinajstić information content (AvgIpc) is 3.09. The molecular formula is C20H25NO3S. The number of carbonyl (C=O) groups excluding carboxylic acids is 1. The highest BCUT2D eigenvalue weighted by molar-refractivity contribution is 7.12. The Bertz CT molecular complexity index is 724. The van der Waals surface area contributed by atoms with Crippen LogP contribution in [-0.4, -0.2) is 18.6 Å². The van der Waals surface area contributed by atoms with Crippen molar-refractivity contribution in [3.63, 3.8) is 0 Å². The van der Waals surface area contributed by atoms with E-state index in [1.54, 1.807) is 0 Å². The van der Waals surface area contributed by atoms with Gasteiger partial charge in [0.15, 0.2) is 6.29 Å². The standard InChI is InChI=1S/C20H25NO3S/c1-13(2)17-20(3,4)12-23-19(24-17)14-7-5-8-15(11-14)21-18(22)16-9-6-10-25-16/h5-11,13,17,19H,12H2,1-4H3,(H,21,22)/t17-,19+/m0/s1. The summed E-state index contributed by atoms with van der Waals surface area (Å²) in [5, 5.41) is 4.83. The minimum Gasteiger partial charge on any atom is -0.348 e. The van der Waals surface area contributed by atoms with Crippen molar-refractivity contribution >= 4 is 22.9 Å². The summed E-state index contributed by atoms with van der Waals surface area (Å²) in [7, 11) is 0. The summed E-state index contributed by atoms with van der Waals surface area (Å²) < 4.78 is 12.2. The van der Waals surface area contributed by atoms with Crippen LogP contribution in [0.3, 0.4) is 0 Å². The molecule has 0 saturated carbocycles. The molecule has 0 bridgehead atoms. The molecule has 4 nitrogen and oxygen atoms in total. The van der Waals surface area contributed by atoms with Crippen molar-refractivity contribution in [3.05, 3.63) is 52.2 Å². The first-order valence-corrected chi connectivity index (χ1v) is 9.47. The zero-order valence-corrected chi connectivity index (χ0v) is 15.9. The number of amides is 1. The summed E-state index contributed by atoms with van der Waals surface area (Å²) in [6, 6.07) is 11.4. The van der Waals surface area contributed by atoms with Gasteiger partial charge >= 0.3 is 0 Å². The maximum absolute atomic E-state index is 12.2. The topological polar surface area (TPSA) is 47.6 Å². The van der Waals surface area contributed by atoms with Crippen molar-refractivity contribution in [2.45, 2.75) is 40.1 Å². The molecule has 1 amide bonds. The zero-order valence-electron chi connectivity index (χ0n) is 15.1. The van der Waals surface area contributed by atoms with E-state index < -0.39 is 6.29 Å². The van der Waals surface area contributed by atoms with Crippen molar-refractivity contribution in [3.8, 4) is 0 Å². The normalized spacial score (nSPS) is 22.8. The maximum atomic E-state index is 12.2. The van der Waals surface area contributed by atoms with Crippen LogP contribution < -0.4 is 5.32 Å². The van der Waals surface area contributed by atoms with E-state index in [4.69, 9.17) is 9.47 Å². The van der Waals surface area contributed by atoms with Gasteiger partial charge in [-0.3, -0.25) is 4.79 Å². The van der Waals surface area contributed by atoms with Crippen molar-refractivity contribution in [2.75, 3.05) is 11.9 Å². The Hall–Kier alpha value is -1.69. The molecule has 1 saturated heterocycles. The van der Waals surface area contributed by atoms with Crippen LogP contribution in [0, 0.1) is 11.3 Å². The van der Waals surface area contributed by atoms with Gasteiger partial charge in [-0.05, 0) is 29.5 Å². The number of ether oxygens (including phenoxy) is 2. The van der Waals surface area contributed by atoms with Gasteiger partial charge in [0.05, 0.1) is 17.6 Å². The molecule has 1 aliphatic rings. The van der Waals surface area contributed by atoms with E-state index in [9.17, 15) is 4.79 Å². The van der Waals surface area contributed by atoms with E-state index in [2.05, 4.69) is 33.0 Å². The average molecular weight is 359 g/mol. The van der Waals surface area contributed by atoms with Gasteiger partial charge < -0.3 is 14.8 Å². The Kier molecular flexibility index (Phi) is 5.27. The molecule has 0 unspecified atom stereocenters. The Morgan fingerprint density at radius 3 is 2.76 bits per heavy atom. The van der Waals surface area contributed by atoms with Gasteiger partial charge in [0.1, 0.15) is 0 Å². The predicted molar refractivity (Wildman–Crippen MR) is 101 cm³/mol. The highest BCUT2D eigenvalue weighted by Crippen LogP contribution is 2.39. The molecule has 2 aromatic rings. The molecule has 2 atom stereocenters. The number of benzene rings is 1. The first-order valence-electron chi connectivity index (χ1n) is 8.59. The van der Waals surface area contributed by atoms with Crippen LogP contribution in [0.15, 0.2) is 41.8 Å². The smallest absolute Gasteiger partial charge is 0.265 e. The SMILES string of the molecule is CC(C)[C@@H]1O[C@H](c2cccc(NC(=O)c3cccs3)c2)OCC1(C)C. The third-order valence-electron chi connectivity index (χ3n) is 4.41. The molecule has 5 heteroatoms. The summed E-state index contributed by atoms with van der Waals surface area (Å²) in [6.45, 7) is 9.34. The fourth-order valence-electron chi connectivity index (χ4n) is 3.33. The molecule has 1 aliphatic heterocycles. The third kappa shape index (κ3) is 4.11. The predicted octanol–water partition coefficient (Wildman–Crippen LogP) is 5.10. The molecule has 0 radical (unpaired) electrons. The summed E-state index contributed by atoms with van der Waals surface area (Å²) in [6.07, 6.45) is -0.283. The largest absolute Gasteiger partial charge is 0.348 e. The molecule has 1 aromatic heterocycles. The molecule has 0 spiro atoms. The molecule has 1 N–H and O–H groups in total. The number of carbonyl (C=O) groups is 1. The fourth-order valence-corrected chi connectivity index (χ4v) is 3.95. The van der Waals surface area contributed by atoms with Crippen LogP contribution in [0.1, 0.15) is 49.2 Å². The Balaban J connectivity index is 1.74. The molecule has 1 fully saturated rings. The van der Waals surface area contributed by atoms with Crippen LogP contribution in [0.2, 0.25) is 0 Å². The van der Waals surface area contributed by atoms with Crippen molar-refractivity contribution in [2.24, 2.45) is 11.3 Å². The molecule has 2 heterocycles. The maximum Gasteiger partial charge on any atom is 0.265 e. The van der Waals surface area contributed by atoms with Gasteiger partial charge in [-0.25, -0.2) is 0 Å². The lowest BCUT2D eigenvalue weighted by Crippen LogP contribution is -2.45. The number of rotatable bonds is 4. The van der Waals surface area contributed by atoms with Crippen molar-refractivity contribution in [1.29, 1.82) is 0 Å². The van der Waals surface area contributed by atoms with Gasteiger partial charge in [0.2, 0.25) is 0 Å².